The van der Waals surface area contributed by atoms with E-state index in [0.717, 1.165) is 48.6 Å². The normalized spacial score (nSPS) is 11.2. The van der Waals surface area contributed by atoms with Gasteiger partial charge in [-0.25, -0.2) is 0 Å². The Labute approximate surface area is 325 Å². The highest BCUT2D eigenvalue weighted by molar-refractivity contribution is 14.1. The van der Waals surface area contributed by atoms with E-state index in [1.807, 2.05) is 97.2 Å². The Hall–Kier alpha value is -4.91. The van der Waals surface area contributed by atoms with Gasteiger partial charge in [0.15, 0.2) is 0 Å². The van der Waals surface area contributed by atoms with Crippen LogP contribution in [0.5, 0.6) is 0 Å². The zero-order valence-corrected chi connectivity index (χ0v) is 32.2. The van der Waals surface area contributed by atoms with Crippen molar-refractivity contribution in [1.82, 2.24) is 4.57 Å². The topological polar surface area (TPSA) is 91.2 Å². The van der Waals surface area contributed by atoms with Gasteiger partial charge in [-0.3, -0.25) is 20.2 Å². The van der Waals surface area contributed by atoms with E-state index in [1.165, 1.54) is 21.3 Å². The first-order valence-corrected chi connectivity index (χ1v) is 18.4. The number of para-hydroxylation sites is 1. The third-order valence-corrected chi connectivity index (χ3v) is 9.92. The van der Waals surface area contributed by atoms with Crippen LogP contribution in [-0.2, 0) is 6.42 Å². The van der Waals surface area contributed by atoms with Gasteiger partial charge in [0.05, 0.1) is 26.5 Å². The van der Waals surface area contributed by atoms with E-state index >= 15 is 0 Å². The van der Waals surface area contributed by atoms with Crippen molar-refractivity contribution in [2.45, 2.75) is 6.42 Å². The van der Waals surface area contributed by atoms with Crippen molar-refractivity contribution in [3.05, 3.63) is 196 Å². The summed E-state index contributed by atoms with van der Waals surface area (Å²) in [6.07, 6.45) is 7.01. The first-order valence-electron chi connectivity index (χ1n) is 15.7. The van der Waals surface area contributed by atoms with Crippen molar-refractivity contribution in [3.8, 4) is 27.9 Å². The molecular weight excluding hydrogens is 885 g/mol. The predicted octanol–water partition coefficient (Wildman–Crippen LogP) is 12.9. The Morgan fingerprint density at radius 2 is 1.18 bits per heavy atom. The predicted molar refractivity (Wildman–Crippen MR) is 221 cm³/mol. The second-order valence-corrected chi connectivity index (χ2v) is 14.5. The second-order valence-electron chi connectivity index (χ2n) is 11.4. The van der Waals surface area contributed by atoms with Crippen molar-refractivity contribution < 1.29 is 9.85 Å². The molecule has 0 N–H and O–H groups in total. The maximum atomic E-state index is 11.5. The minimum absolute atomic E-state index is 0.100. The molecule has 0 saturated heterocycles. The monoisotopic (exact) mass is 911 g/mol. The van der Waals surface area contributed by atoms with Gasteiger partial charge < -0.3 is 4.57 Å². The van der Waals surface area contributed by atoms with Gasteiger partial charge in [-0.1, -0.05) is 111 Å². The Morgan fingerprint density at radius 1 is 0.608 bits per heavy atom. The maximum absolute atomic E-state index is 11.5. The van der Waals surface area contributed by atoms with Gasteiger partial charge in [-0.2, -0.15) is 0 Å². The van der Waals surface area contributed by atoms with Gasteiger partial charge in [-0.05, 0) is 112 Å². The van der Waals surface area contributed by atoms with Crippen molar-refractivity contribution in [3.63, 3.8) is 0 Å². The average Bonchev–Trinajstić information content (AvgIpc) is 3.80. The molecule has 1 aromatic heterocycles. The smallest absolute Gasteiger partial charge is 0.277 e. The van der Waals surface area contributed by atoms with E-state index in [9.17, 15) is 20.2 Å². The summed E-state index contributed by atoms with van der Waals surface area (Å²) in [4.78, 5) is 22.0. The molecule has 0 unspecified atom stereocenters. The Morgan fingerprint density at radius 3 is 1.76 bits per heavy atom. The molecule has 0 atom stereocenters. The molecule has 1 heterocycles. The summed E-state index contributed by atoms with van der Waals surface area (Å²) in [6, 6.07) is 44.1. The van der Waals surface area contributed by atoms with Crippen LogP contribution in [0.25, 0.3) is 44.9 Å². The van der Waals surface area contributed by atoms with Gasteiger partial charge in [0.25, 0.3) is 11.4 Å². The second kappa shape index (κ2) is 16.4. The summed E-state index contributed by atoms with van der Waals surface area (Å²) in [5, 5.41) is 23.6. The molecule has 7 aromatic rings. The third-order valence-electron chi connectivity index (χ3n) is 8.21. The fourth-order valence-corrected chi connectivity index (χ4v) is 7.06. The van der Waals surface area contributed by atoms with Crippen LogP contribution < -0.4 is 0 Å². The van der Waals surface area contributed by atoms with E-state index < -0.39 is 0 Å². The number of aromatic nitrogens is 1. The number of nitro benzene ring substituents is 2. The minimum atomic E-state index is -0.338. The molecule has 0 bridgehead atoms. The van der Waals surface area contributed by atoms with E-state index in [1.54, 1.807) is 24.3 Å². The van der Waals surface area contributed by atoms with E-state index in [4.69, 9.17) is 0 Å². The van der Waals surface area contributed by atoms with Crippen LogP contribution in [0.1, 0.15) is 11.1 Å². The summed E-state index contributed by atoms with van der Waals surface area (Å²) in [5.74, 6) is 0. The lowest BCUT2D eigenvalue weighted by atomic mass is 9.96. The number of rotatable bonds is 5. The van der Waals surface area contributed by atoms with Gasteiger partial charge in [0.1, 0.15) is 0 Å². The number of hydrogen-bond donors (Lipinski definition) is 0. The van der Waals surface area contributed by atoms with Gasteiger partial charge in [0, 0.05) is 41.9 Å². The molecule has 51 heavy (non-hydrogen) atoms. The highest BCUT2D eigenvalue weighted by Gasteiger charge is 2.20. The van der Waals surface area contributed by atoms with Crippen LogP contribution in [0.3, 0.4) is 0 Å². The van der Waals surface area contributed by atoms with Crippen molar-refractivity contribution in [1.29, 1.82) is 0 Å². The number of benzene rings is 6. The zero-order valence-electron chi connectivity index (χ0n) is 26.8. The molecule has 10 heteroatoms. The molecule has 6 aromatic carbocycles. The van der Waals surface area contributed by atoms with E-state index in [-0.39, 0.29) is 21.2 Å². The maximum Gasteiger partial charge on any atom is 0.277 e. The van der Waals surface area contributed by atoms with Gasteiger partial charge in [-0.15, -0.1) is 0 Å². The van der Waals surface area contributed by atoms with Crippen LogP contribution in [0.2, 0.25) is 0 Å². The minimum Gasteiger partial charge on any atom is -0.317 e. The van der Waals surface area contributed by atoms with Gasteiger partial charge in [0.2, 0.25) is 0 Å². The molecule has 0 aliphatic heterocycles. The standard InChI is InChI=1S/C20H13BrN2O2.C15H10BrNO2.C6H5I/c21-14-9-10-20(23(24)25)18(13-14)16-7-4-8-19-17(16)11-12-22(19)15-5-2-1-3-6-15;16-11-7-8-15(17(18)19)14(9-11)13-6-2-4-10-3-1-5-12(10)13;7-6-4-2-1-3-5-6/h1-13H;1-2,4-9H,3H2;1-5H. The lowest BCUT2D eigenvalue weighted by Crippen LogP contribution is -1.94. The average molecular weight is 913 g/mol. The van der Waals surface area contributed by atoms with Crippen molar-refractivity contribution in [2.75, 3.05) is 0 Å². The number of fused-ring (bicyclic) bond motifs is 2. The first-order chi connectivity index (χ1) is 24.7. The summed E-state index contributed by atoms with van der Waals surface area (Å²) in [6.45, 7) is 0. The molecule has 0 spiro atoms. The van der Waals surface area contributed by atoms with Crippen LogP contribution in [0, 0.1) is 23.8 Å². The lowest BCUT2D eigenvalue weighted by Gasteiger charge is -2.09. The molecule has 7 nitrogen and oxygen atoms in total. The molecule has 0 fully saturated rings. The SMILES string of the molecule is Ic1ccccc1.O=[N+]([O-])c1ccc(Br)cc1-c1cccc2c1C=CC2.O=[N+]([O-])c1ccc(Br)cc1-c1cccc2c1ccn2-c1ccccc1. The fourth-order valence-electron chi connectivity index (χ4n) is 5.92. The highest BCUT2D eigenvalue weighted by atomic mass is 127. The quantitative estimate of drug-likeness (QED) is 0.0977. The van der Waals surface area contributed by atoms with Crippen molar-refractivity contribution >= 4 is 82.8 Å². The number of hydrogen-bond acceptors (Lipinski definition) is 4. The molecule has 0 saturated carbocycles. The molecule has 1 aliphatic rings. The number of nitrogens with zero attached hydrogens (tertiary/aromatic N) is 3. The molecule has 252 valence electrons. The van der Waals surface area contributed by atoms with Crippen LogP contribution in [0.15, 0.2) is 161 Å². The zero-order chi connectivity index (χ0) is 35.9. The Kier molecular flexibility index (Phi) is 11.5. The van der Waals surface area contributed by atoms with E-state index in [0.29, 0.717) is 11.1 Å². The molecule has 0 amide bonds. The van der Waals surface area contributed by atoms with Crippen LogP contribution in [0.4, 0.5) is 11.4 Å². The number of nitro groups is 2. The van der Waals surface area contributed by atoms with Crippen LogP contribution >= 0.6 is 54.5 Å². The lowest BCUT2D eigenvalue weighted by molar-refractivity contribution is -0.384. The summed E-state index contributed by atoms with van der Waals surface area (Å²) in [5.41, 5.74) is 7.63. The highest BCUT2D eigenvalue weighted by Crippen LogP contribution is 2.39. The largest absolute Gasteiger partial charge is 0.317 e. The van der Waals surface area contributed by atoms with Gasteiger partial charge >= 0.3 is 0 Å². The van der Waals surface area contributed by atoms with Crippen LogP contribution in [-0.4, -0.2) is 14.4 Å². The number of halogens is 3. The molecular formula is C41H28Br2IN3O4. The summed E-state index contributed by atoms with van der Waals surface area (Å²) in [7, 11) is 0. The molecule has 8 rings (SSSR count). The fraction of sp³-hybridized carbons (Fsp3) is 0.0244. The number of allylic oxidation sites excluding steroid dienone is 1. The first kappa shape index (κ1) is 35.9. The van der Waals surface area contributed by atoms with E-state index in [2.05, 4.69) is 83.3 Å². The molecule has 1 aliphatic carbocycles. The Bertz CT molecular complexity index is 2400. The summed E-state index contributed by atoms with van der Waals surface area (Å²) < 4.78 is 5.03. The summed E-state index contributed by atoms with van der Waals surface area (Å²) >= 11 is 9.08. The molecule has 0 radical (unpaired) electrons. The third kappa shape index (κ3) is 8.36. The Balaban J connectivity index is 0.000000151. The van der Waals surface area contributed by atoms with Crippen molar-refractivity contribution in [2.24, 2.45) is 0 Å².